The van der Waals surface area contributed by atoms with E-state index in [9.17, 15) is 9.90 Å². The van der Waals surface area contributed by atoms with E-state index in [1.54, 1.807) is 28.9 Å². The fourth-order valence-corrected chi connectivity index (χ4v) is 3.44. The molecule has 0 aliphatic heterocycles. The van der Waals surface area contributed by atoms with E-state index in [1.165, 1.54) is 24.2 Å². The van der Waals surface area contributed by atoms with E-state index >= 15 is 0 Å². The third kappa shape index (κ3) is 5.65. The number of aliphatic hydroxyl groups is 1. The standard InChI is InChI=1S/C21H24N4O3S/c1-14(2)16-7-9-18(10-8-16)25-21(22-23-24-25)29-13-19(27)12-28-20-6-4-5-17(11-20)15(3)26/h4-11,14,19,27H,12-13H2,1-3H3/t19-/m1/s1. The number of hydrogen-bond acceptors (Lipinski definition) is 7. The van der Waals surface area contributed by atoms with Gasteiger partial charge in [-0.05, 0) is 53.1 Å². The van der Waals surface area contributed by atoms with Gasteiger partial charge in [-0.3, -0.25) is 4.79 Å². The number of ether oxygens (including phenoxy) is 1. The van der Waals surface area contributed by atoms with Crippen molar-refractivity contribution in [1.82, 2.24) is 20.2 Å². The monoisotopic (exact) mass is 412 g/mol. The van der Waals surface area contributed by atoms with Gasteiger partial charge < -0.3 is 9.84 Å². The van der Waals surface area contributed by atoms with E-state index in [2.05, 4.69) is 41.5 Å². The van der Waals surface area contributed by atoms with Gasteiger partial charge in [0.05, 0.1) is 11.8 Å². The fraction of sp³-hybridized carbons (Fsp3) is 0.333. The van der Waals surface area contributed by atoms with E-state index in [1.807, 2.05) is 12.1 Å². The third-order valence-corrected chi connectivity index (χ3v) is 5.40. The average molecular weight is 413 g/mol. The molecule has 29 heavy (non-hydrogen) atoms. The number of ketones is 1. The summed E-state index contributed by atoms with van der Waals surface area (Å²) in [6, 6.07) is 15.0. The molecule has 0 fully saturated rings. The minimum Gasteiger partial charge on any atom is -0.491 e. The van der Waals surface area contributed by atoms with Crippen LogP contribution in [0.3, 0.4) is 0 Å². The van der Waals surface area contributed by atoms with Gasteiger partial charge in [-0.2, -0.15) is 4.68 Å². The summed E-state index contributed by atoms with van der Waals surface area (Å²) in [5.41, 5.74) is 2.69. The van der Waals surface area contributed by atoms with Gasteiger partial charge in [0.25, 0.3) is 0 Å². The maximum Gasteiger partial charge on any atom is 0.214 e. The van der Waals surface area contributed by atoms with Crippen LogP contribution in [0.4, 0.5) is 0 Å². The lowest BCUT2D eigenvalue weighted by atomic mass is 10.0. The molecule has 1 N–H and O–H groups in total. The lowest BCUT2D eigenvalue weighted by Crippen LogP contribution is -2.20. The Kier molecular flexibility index (Phi) is 7.00. The highest BCUT2D eigenvalue weighted by Crippen LogP contribution is 2.22. The van der Waals surface area contributed by atoms with Crippen LogP contribution in [0, 0.1) is 0 Å². The van der Waals surface area contributed by atoms with Crippen LogP contribution >= 0.6 is 11.8 Å². The van der Waals surface area contributed by atoms with Crippen LogP contribution in [-0.2, 0) is 0 Å². The van der Waals surface area contributed by atoms with Crippen molar-refractivity contribution >= 4 is 17.5 Å². The van der Waals surface area contributed by atoms with E-state index < -0.39 is 6.10 Å². The number of aliphatic hydroxyl groups excluding tert-OH is 1. The maximum absolute atomic E-state index is 11.4. The van der Waals surface area contributed by atoms with Crippen LogP contribution in [0.5, 0.6) is 5.75 Å². The number of carbonyl (C=O) groups excluding carboxylic acids is 1. The highest BCUT2D eigenvalue weighted by Gasteiger charge is 2.13. The molecule has 1 heterocycles. The molecule has 0 aliphatic carbocycles. The van der Waals surface area contributed by atoms with Crippen molar-refractivity contribution in [1.29, 1.82) is 0 Å². The van der Waals surface area contributed by atoms with Crippen molar-refractivity contribution in [2.24, 2.45) is 0 Å². The second kappa shape index (κ2) is 9.67. The lowest BCUT2D eigenvalue weighted by molar-refractivity contribution is 0.101. The summed E-state index contributed by atoms with van der Waals surface area (Å²) in [4.78, 5) is 11.4. The lowest BCUT2D eigenvalue weighted by Gasteiger charge is -2.12. The van der Waals surface area contributed by atoms with Crippen molar-refractivity contribution in [3.05, 3.63) is 59.7 Å². The molecule has 0 radical (unpaired) electrons. The first-order chi connectivity index (χ1) is 13.9. The van der Waals surface area contributed by atoms with Gasteiger partial charge in [0, 0.05) is 11.3 Å². The summed E-state index contributed by atoms with van der Waals surface area (Å²) >= 11 is 1.35. The molecule has 0 unspecified atom stereocenters. The van der Waals surface area contributed by atoms with Gasteiger partial charge in [0.15, 0.2) is 5.78 Å². The zero-order valence-electron chi connectivity index (χ0n) is 16.6. The van der Waals surface area contributed by atoms with E-state index in [4.69, 9.17) is 4.74 Å². The molecule has 152 valence electrons. The SMILES string of the molecule is CC(=O)c1cccc(OC[C@@H](O)CSc2nnnn2-c2ccc(C(C)C)cc2)c1. The topological polar surface area (TPSA) is 90.1 Å². The highest BCUT2D eigenvalue weighted by atomic mass is 32.2. The zero-order chi connectivity index (χ0) is 20.8. The first-order valence-corrected chi connectivity index (χ1v) is 10.4. The summed E-state index contributed by atoms with van der Waals surface area (Å²) in [5.74, 6) is 1.35. The number of rotatable bonds is 9. The number of carbonyl (C=O) groups is 1. The van der Waals surface area contributed by atoms with E-state index in [-0.39, 0.29) is 12.4 Å². The smallest absolute Gasteiger partial charge is 0.214 e. The molecule has 0 spiro atoms. The molecule has 2 aromatic carbocycles. The fourth-order valence-electron chi connectivity index (χ4n) is 2.65. The Balaban J connectivity index is 1.56. The van der Waals surface area contributed by atoms with Crippen molar-refractivity contribution in [2.45, 2.75) is 37.9 Å². The van der Waals surface area contributed by atoms with Gasteiger partial charge >= 0.3 is 0 Å². The number of nitrogens with zero attached hydrogens (tertiary/aromatic N) is 4. The number of hydrogen-bond donors (Lipinski definition) is 1. The summed E-state index contributed by atoms with van der Waals surface area (Å²) in [7, 11) is 0. The maximum atomic E-state index is 11.4. The normalized spacial score (nSPS) is 12.2. The van der Waals surface area contributed by atoms with Crippen molar-refractivity contribution < 1.29 is 14.6 Å². The Morgan fingerprint density at radius 2 is 1.97 bits per heavy atom. The Morgan fingerprint density at radius 3 is 2.66 bits per heavy atom. The van der Waals surface area contributed by atoms with Crippen LogP contribution in [0.25, 0.3) is 5.69 Å². The molecule has 0 aliphatic rings. The van der Waals surface area contributed by atoms with Crippen LogP contribution in [0.1, 0.15) is 42.6 Å². The predicted octanol–water partition coefficient (Wildman–Crippen LogP) is 3.52. The summed E-state index contributed by atoms with van der Waals surface area (Å²) in [6.07, 6.45) is -0.713. The predicted molar refractivity (Wildman–Crippen MR) is 112 cm³/mol. The third-order valence-electron chi connectivity index (χ3n) is 4.33. The molecule has 3 rings (SSSR count). The molecule has 8 heteroatoms. The van der Waals surface area contributed by atoms with Crippen LogP contribution < -0.4 is 4.74 Å². The van der Waals surface area contributed by atoms with Crippen LogP contribution in [0.2, 0.25) is 0 Å². The molecule has 1 atom stereocenters. The molecular formula is C21H24N4O3S. The van der Waals surface area contributed by atoms with E-state index in [0.717, 1.165) is 5.69 Å². The molecule has 0 amide bonds. The second-order valence-electron chi connectivity index (χ2n) is 6.98. The Labute approximate surface area is 174 Å². The van der Waals surface area contributed by atoms with Gasteiger partial charge in [-0.15, -0.1) is 5.10 Å². The first-order valence-electron chi connectivity index (χ1n) is 9.37. The quantitative estimate of drug-likeness (QED) is 0.425. The molecular weight excluding hydrogens is 388 g/mol. The summed E-state index contributed by atoms with van der Waals surface area (Å²) in [5, 5.41) is 22.7. The molecule has 7 nitrogen and oxygen atoms in total. The minimum absolute atomic E-state index is 0.0279. The molecule has 0 saturated heterocycles. The zero-order valence-corrected chi connectivity index (χ0v) is 17.5. The van der Waals surface area contributed by atoms with Gasteiger partial charge in [0.1, 0.15) is 12.4 Å². The Hall–Kier alpha value is -2.71. The second-order valence-corrected chi connectivity index (χ2v) is 7.97. The van der Waals surface area contributed by atoms with Gasteiger partial charge in [0.2, 0.25) is 5.16 Å². The van der Waals surface area contributed by atoms with Crippen molar-refractivity contribution in [2.75, 3.05) is 12.4 Å². The number of tetrazole rings is 1. The van der Waals surface area contributed by atoms with Crippen LogP contribution in [0.15, 0.2) is 53.7 Å². The van der Waals surface area contributed by atoms with Crippen LogP contribution in [-0.4, -0.2) is 49.6 Å². The summed E-state index contributed by atoms with van der Waals surface area (Å²) < 4.78 is 7.26. The largest absolute Gasteiger partial charge is 0.491 e. The number of Topliss-reactive ketones (excluding diaryl/α,β-unsaturated/α-hetero) is 1. The number of thioether (sulfide) groups is 1. The minimum atomic E-state index is -0.713. The van der Waals surface area contributed by atoms with Crippen molar-refractivity contribution in [3.8, 4) is 11.4 Å². The molecule has 3 aromatic rings. The van der Waals surface area contributed by atoms with Gasteiger partial charge in [-0.1, -0.05) is 49.9 Å². The summed E-state index contributed by atoms with van der Waals surface area (Å²) in [6.45, 7) is 5.91. The average Bonchev–Trinajstić information content (AvgIpc) is 3.19. The Morgan fingerprint density at radius 1 is 1.21 bits per heavy atom. The molecule has 1 aromatic heterocycles. The van der Waals surface area contributed by atoms with Crippen molar-refractivity contribution in [3.63, 3.8) is 0 Å². The number of aromatic nitrogens is 4. The van der Waals surface area contributed by atoms with E-state index in [0.29, 0.717) is 28.1 Å². The van der Waals surface area contributed by atoms with Gasteiger partial charge in [-0.25, -0.2) is 0 Å². The highest BCUT2D eigenvalue weighted by molar-refractivity contribution is 7.99. The molecule has 0 saturated carbocycles. The first kappa shape index (κ1) is 21.0. The number of benzene rings is 2. The Bertz CT molecular complexity index is 957. The molecule has 0 bridgehead atoms.